The third kappa shape index (κ3) is 7.42. The minimum absolute atomic E-state index is 0.00961. The number of aliphatic hydroxyl groups is 1. The molecule has 1 N–H and O–H groups in total. The van der Waals surface area contributed by atoms with E-state index in [-0.39, 0.29) is 42.4 Å². The van der Waals surface area contributed by atoms with Crippen LogP contribution in [-0.4, -0.2) is 108 Å². The Bertz CT molecular complexity index is 967. The molecule has 2 aliphatic heterocycles. The van der Waals surface area contributed by atoms with Gasteiger partial charge in [-0.1, -0.05) is 32.6 Å². The molecule has 0 spiro atoms. The summed E-state index contributed by atoms with van der Waals surface area (Å²) in [5.41, 5.74) is 0.969. The van der Waals surface area contributed by atoms with Crippen LogP contribution in [0.4, 0.5) is 0 Å². The van der Waals surface area contributed by atoms with E-state index >= 15 is 0 Å². The average Bonchev–Trinajstić information content (AvgIpc) is 2.86. The number of aromatic nitrogens is 1. The molecule has 0 unspecified atom stereocenters. The number of amides is 2. The number of aliphatic hydroxyl groups excluding tert-OH is 1. The Morgan fingerprint density at radius 1 is 1.31 bits per heavy atom. The minimum Gasteiger partial charge on any atom is -0.472 e. The third-order valence-electron chi connectivity index (χ3n) is 6.61. The number of fused-ring (bicyclic) bond motifs is 1. The van der Waals surface area contributed by atoms with Gasteiger partial charge in [-0.2, -0.15) is 0 Å². The third-order valence-corrected chi connectivity index (χ3v) is 6.61. The summed E-state index contributed by atoms with van der Waals surface area (Å²) in [5.74, 6) is 6.58. The molecule has 9 heteroatoms. The Morgan fingerprint density at radius 2 is 2.03 bits per heavy atom. The lowest BCUT2D eigenvalue weighted by atomic mass is 10.00. The molecule has 1 aromatic heterocycles. The molecule has 198 valence electrons. The number of nitrogens with zero attached hydrogens (tertiary/aromatic N) is 4. The van der Waals surface area contributed by atoms with Crippen LogP contribution in [0.25, 0.3) is 0 Å². The quantitative estimate of drug-likeness (QED) is 0.567. The Kier molecular flexibility index (Phi) is 10.1. The molecule has 2 aliphatic rings. The molecule has 1 fully saturated rings. The number of morpholine rings is 1. The average molecular weight is 501 g/mol. The molecule has 9 nitrogen and oxygen atoms in total. The van der Waals surface area contributed by atoms with E-state index in [2.05, 4.69) is 35.6 Å². The summed E-state index contributed by atoms with van der Waals surface area (Å²) in [6.07, 6.45) is 1.99. The molecular formula is C27H40N4O5. The first-order valence-electron chi connectivity index (χ1n) is 12.8. The first-order valence-corrected chi connectivity index (χ1v) is 12.8. The van der Waals surface area contributed by atoms with Crippen LogP contribution in [0.15, 0.2) is 12.3 Å². The number of ether oxygens (including phenoxy) is 2. The molecule has 2 amide bonds. The van der Waals surface area contributed by atoms with Crippen LogP contribution >= 0.6 is 0 Å². The van der Waals surface area contributed by atoms with Crippen LogP contribution in [0.5, 0.6) is 5.88 Å². The summed E-state index contributed by atoms with van der Waals surface area (Å²) in [4.78, 5) is 36.3. The van der Waals surface area contributed by atoms with Gasteiger partial charge in [0, 0.05) is 50.8 Å². The standard InChI is InChI=1S/C27H40N4O5/c1-19(2)7-6-8-22-13-23-26(28-14-22)36-24(20(3)15-31(27(23)34)21(4)18-32)16-29(5)25(33)17-30-9-11-35-12-10-30/h13-14,19-21,24,32H,7,9-12,15-18H2,1-5H3/t20-,21+,24+/m0/s1. The summed E-state index contributed by atoms with van der Waals surface area (Å²) < 4.78 is 11.7. The molecule has 0 saturated carbocycles. The largest absolute Gasteiger partial charge is 0.472 e. The molecule has 3 atom stereocenters. The fraction of sp³-hybridized carbons (Fsp3) is 0.667. The van der Waals surface area contributed by atoms with Gasteiger partial charge in [0.05, 0.1) is 39.0 Å². The number of carbonyl (C=O) groups excluding carboxylic acids is 2. The molecule has 3 rings (SSSR count). The number of rotatable bonds is 7. The predicted octanol–water partition coefficient (Wildman–Crippen LogP) is 1.49. The minimum atomic E-state index is -0.380. The topological polar surface area (TPSA) is 95.4 Å². The van der Waals surface area contributed by atoms with E-state index in [1.807, 2.05) is 13.8 Å². The maximum absolute atomic E-state index is 13.5. The van der Waals surface area contributed by atoms with Crippen molar-refractivity contribution in [3.05, 3.63) is 23.4 Å². The highest BCUT2D eigenvalue weighted by Gasteiger charge is 2.34. The van der Waals surface area contributed by atoms with Crippen molar-refractivity contribution in [2.75, 3.05) is 59.6 Å². The maximum Gasteiger partial charge on any atom is 0.259 e. The number of carbonyl (C=O) groups is 2. The van der Waals surface area contributed by atoms with Crippen LogP contribution in [0, 0.1) is 23.7 Å². The number of likely N-dealkylation sites (N-methyl/N-ethyl adjacent to an activating group) is 1. The number of hydrogen-bond donors (Lipinski definition) is 1. The van der Waals surface area contributed by atoms with Gasteiger partial charge in [0.1, 0.15) is 11.7 Å². The van der Waals surface area contributed by atoms with Crippen LogP contribution in [0.2, 0.25) is 0 Å². The normalized spacial score (nSPS) is 21.5. The number of hydrogen-bond acceptors (Lipinski definition) is 7. The maximum atomic E-state index is 13.5. The van der Waals surface area contributed by atoms with Crippen molar-refractivity contribution in [2.24, 2.45) is 11.8 Å². The van der Waals surface area contributed by atoms with E-state index < -0.39 is 0 Å². The van der Waals surface area contributed by atoms with Crippen molar-refractivity contribution in [3.63, 3.8) is 0 Å². The zero-order valence-electron chi connectivity index (χ0n) is 22.2. The zero-order chi connectivity index (χ0) is 26.2. The Labute approximate surface area is 214 Å². The van der Waals surface area contributed by atoms with Crippen molar-refractivity contribution in [1.29, 1.82) is 0 Å². The van der Waals surface area contributed by atoms with Gasteiger partial charge >= 0.3 is 0 Å². The first kappa shape index (κ1) is 27.9. The van der Waals surface area contributed by atoms with Gasteiger partial charge in [0.15, 0.2) is 0 Å². The summed E-state index contributed by atoms with van der Waals surface area (Å²) in [7, 11) is 1.78. The highest BCUT2D eigenvalue weighted by molar-refractivity contribution is 5.97. The van der Waals surface area contributed by atoms with Crippen molar-refractivity contribution in [2.45, 2.75) is 46.3 Å². The molecule has 0 aliphatic carbocycles. The summed E-state index contributed by atoms with van der Waals surface area (Å²) in [5, 5.41) is 9.83. The highest BCUT2D eigenvalue weighted by atomic mass is 16.5. The van der Waals surface area contributed by atoms with Gasteiger partial charge in [-0.25, -0.2) is 4.98 Å². The summed E-state index contributed by atoms with van der Waals surface area (Å²) in [6.45, 7) is 11.7. The van der Waals surface area contributed by atoms with Crippen LogP contribution in [-0.2, 0) is 9.53 Å². The molecule has 1 aromatic rings. The van der Waals surface area contributed by atoms with E-state index in [9.17, 15) is 14.7 Å². The van der Waals surface area contributed by atoms with Gasteiger partial charge in [0.2, 0.25) is 11.8 Å². The monoisotopic (exact) mass is 500 g/mol. The Morgan fingerprint density at radius 3 is 2.69 bits per heavy atom. The van der Waals surface area contributed by atoms with Gasteiger partial charge < -0.3 is 24.4 Å². The second-order valence-corrected chi connectivity index (χ2v) is 10.3. The van der Waals surface area contributed by atoms with Gasteiger partial charge in [-0.15, -0.1) is 0 Å². The van der Waals surface area contributed by atoms with Gasteiger partial charge in [0.25, 0.3) is 5.91 Å². The lowest BCUT2D eigenvalue weighted by molar-refractivity contribution is -0.133. The van der Waals surface area contributed by atoms with E-state index in [4.69, 9.17) is 9.47 Å². The first-order chi connectivity index (χ1) is 17.2. The fourth-order valence-corrected chi connectivity index (χ4v) is 4.19. The van der Waals surface area contributed by atoms with Crippen LogP contribution in [0.1, 0.15) is 50.0 Å². The highest BCUT2D eigenvalue weighted by Crippen LogP contribution is 2.27. The second kappa shape index (κ2) is 13.0. The zero-order valence-corrected chi connectivity index (χ0v) is 22.2. The van der Waals surface area contributed by atoms with E-state index in [0.717, 1.165) is 19.5 Å². The molecule has 0 radical (unpaired) electrons. The molecule has 0 bridgehead atoms. The lowest BCUT2D eigenvalue weighted by Gasteiger charge is -2.38. The van der Waals surface area contributed by atoms with Crippen LogP contribution < -0.4 is 4.74 Å². The number of pyridine rings is 1. The molecular weight excluding hydrogens is 460 g/mol. The summed E-state index contributed by atoms with van der Waals surface area (Å²) in [6, 6.07) is 1.35. The molecule has 1 saturated heterocycles. The summed E-state index contributed by atoms with van der Waals surface area (Å²) >= 11 is 0. The molecule has 36 heavy (non-hydrogen) atoms. The second-order valence-electron chi connectivity index (χ2n) is 10.3. The molecule has 3 heterocycles. The van der Waals surface area contributed by atoms with Crippen molar-refractivity contribution in [3.8, 4) is 17.7 Å². The van der Waals surface area contributed by atoms with E-state index in [1.54, 1.807) is 29.1 Å². The van der Waals surface area contributed by atoms with Gasteiger partial charge in [-0.3, -0.25) is 14.5 Å². The van der Waals surface area contributed by atoms with Gasteiger partial charge in [-0.05, 0) is 18.9 Å². The molecule has 0 aromatic carbocycles. The fourth-order valence-electron chi connectivity index (χ4n) is 4.19. The smallest absolute Gasteiger partial charge is 0.259 e. The SMILES string of the molecule is CC(C)CC#Cc1cnc2c(c1)C(=O)N([C@H](C)CO)C[C@H](C)[C@@H](CN(C)C(=O)CN1CCOCC1)O2. The van der Waals surface area contributed by atoms with E-state index in [1.165, 1.54) is 0 Å². The Balaban J connectivity index is 1.83. The van der Waals surface area contributed by atoms with Crippen LogP contribution in [0.3, 0.4) is 0 Å². The lowest BCUT2D eigenvalue weighted by Crippen LogP contribution is -2.51. The Hall–Kier alpha value is -2.67. The van der Waals surface area contributed by atoms with Crippen molar-refractivity contribution < 1.29 is 24.2 Å². The van der Waals surface area contributed by atoms with Crippen molar-refractivity contribution >= 4 is 11.8 Å². The van der Waals surface area contributed by atoms with Crippen molar-refractivity contribution in [1.82, 2.24) is 19.7 Å². The predicted molar refractivity (Wildman–Crippen MR) is 137 cm³/mol. The van der Waals surface area contributed by atoms with E-state index in [0.29, 0.717) is 49.9 Å².